The average molecular weight is 264 g/mol. The number of hydrogen-bond donors (Lipinski definition) is 0. The van der Waals surface area contributed by atoms with Gasteiger partial charge in [-0.2, -0.15) is 0 Å². The van der Waals surface area contributed by atoms with Crippen LogP contribution in [0.1, 0.15) is 13.3 Å². The molecule has 2 aromatic rings. The zero-order valence-electron chi connectivity index (χ0n) is 10.8. The van der Waals surface area contributed by atoms with Crippen molar-refractivity contribution >= 4 is 28.6 Å². The number of para-hydroxylation sites is 2. The van der Waals surface area contributed by atoms with Crippen molar-refractivity contribution in [2.24, 2.45) is 13.0 Å². The topological polar surface area (TPSA) is 21.1 Å². The van der Waals surface area contributed by atoms with E-state index < -0.39 is 0 Å². The summed E-state index contributed by atoms with van der Waals surface area (Å²) in [6.07, 6.45) is 1.20. The molecular formula is C14H18ClN3. The van der Waals surface area contributed by atoms with Gasteiger partial charge in [-0.15, -0.1) is 11.6 Å². The quantitative estimate of drug-likeness (QED) is 0.777. The summed E-state index contributed by atoms with van der Waals surface area (Å²) in [7, 11) is 2.08. The van der Waals surface area contributed by atoms with Gasteiger partial charge in [0.2, 0.25) is 5.95 Å². The highest BCUT2D eigenvalue weighted by Gasteiger charge is 2.32. The standard InChI is InChI=1S/C14H18ClN3/c1-10-7-8-18(13(10)9-15)14-16-11-5-3-4-6-12(11)17(14)2/h3-6,10,13H,7-9H2,1-2H3. The van der Waals surface area contributed by atoms with Gasteiger partial charge in [0.1, 0.15) is 0 Å². The van der Waals surface area contributed by atoms with Crippen molar-refractivity contribution in [2.45, 2.75) is 19.4 Å². The molecule has 1 aliphatic rings. The second-order valence-electron chi connectivity index (χ2n) is 5.14. The summed E-state index contributed by atoms with van der Waals surface area (Å²) >= 11 is 6.12. The number of aromatic nitrogens is 2. The van der Waals surface area contributed by atoms with Gasteiger partial charge in [0, 0.05) is 25.5 Å². The number of benzene rings is 1. The summed E-state index contributed by atoms with van der Waals surface area (Å²) in [6.45, 7) is 3.32. The van der Waals surface area contributed by atoms with Crippen LogP contribution >= 0.6 is 11.6 Å². The van der Waals surface area contributed by atoms with Crippen molar-refractivity contribution in [3.8, 4) is 0 Å². The highest BCUT2D eigenvalue weighted by atomic mass is 35.5. The Bertz CT molecular complexity index is 563. The largest absolute Gasteiger partial charge is 0.338 e. The van der Waals surface area contributed by atoms with Crippen LogP contribution in [0.4, 0.5) is 5.95 Å². The average Bonchev–Trinajstić information content (AvgIpc) is 2.91. The van der Waals surface area contributed by atoms with E-state index in [-0.39, 0.29) is 0 Å². The third-order valence-electron chi connectivity index (χ3n) is 4.06. The number of aryl methyl sites for hydroxylation is 1. The molecule has 18 heavy (non-hydrogen) atoms. The summed E-state index contributed by atoms with van der Waals surface area (Å²) in [5, 5.41) is 0. The van der Waals surface area contributed by atoms with E-state index in [0.29, 0.717) is 17.8 Å². The predicted octanol–water partition coefficient (Wildman–Crippen LogP) is 3.03. The third-order valence-corrected chi connectivity index (χ3v) is 4.38. The van der Waals surface area contributed by atoms with Crippen LogP contribution in [0, 0.1) is 5.92 Å². The van der Waals surface area contributed by atoms with Gasteiger partial charge in [0.05, 0.1) is 11.0 Å². The summed E-state index contributed by atoms with van der Waals surface area (Å²) in [5.74, 6) is 2.36. The lowest BCUT2D eigenvalue weighted by Crippen LogP contribution is -2.35. The Morgan fingerprint density at radius 1 is 1.39 bits per heavy atom. The van der Waals surface area contributed by atoms with Crippen molar-refractivity contribution in [3.05, 3.63) is 24.3 Å². The summed E-state index contributed by atoms with van der Waals surface area (Å²) < 4.78 is 2.17. The Labute approximate surface area is 112 Å². The minimum absolute atomic E-state index is 0.405. The summed E-state index contributed by atoms with van der Waals surface area (Å²) in [6, 6.07) is 8.67. The lowest BCUT2D eigenvalue weighted by Gasteiger charge is -2.25. The highest BCUT2D eigenvalue weighted by Crippen LogP contribution is 2.31. The molecule has 1 fully saturated rings. The molecule has 2 atom stereocenters. The predicted molar refractivity (Wildman–Crippen MR) is 76.3 cm³/mol. The maximum absolute atomic E-state index is 6.12. The van der Waals surface area contributed by atoms with Crippen LogP contribution in [0.15, 0.2) is 24.3 Å². The number of fused-ring (bicyclic) bond motifs is 1. The van der Waals surface area contributed by atoms with Crippen molar-refractivity contribution in [3.63, 3.8) is 0 Å². The first kappa shape index (κ1) is 11.8. The molecule has 96 valence electrons. The van der Waals surface area contributed by atoms with E-state index in [1.165, 1.54) is 11.9 Å². The molecular weight excluding hydrogens is 246 g/mol. The number of halogens is 1. The molecule has 1 aromatic heterocycles. The second kappa shape index (κ2) is 4.47. The number of alkyl halides is 1. The van der Waals surface area contributed by atoms with Gasteiger partial charge in [0.25, 0.3) is 0 Å². The summed E-state index contributed by atoms with van der Waals surface area (Å²) in [5.41, 5.74) is 2.24. The monoisotopic (exact) mass is 263 g/mol. The normalized spacial score (nSPS) is 24.1. The van der Waals surface area contributed by atoms with Crippen molar-refractivity contribution in [1.82, 2.24) is 9.55 Å². The van der Waals surface area contributed by atoms with Gasteiger partial charge in [-0.1, -0.05) is 19.1 Å². The van der Waals surface area contributed by atoms with Gasteiger partial charge in [-0.25, -0.2) is 4.98 Å². The number of hydrogen-bond acceptors (Lipinski definition) is 2. The van der Waals surface area contributed by atoms with Gasteiger partial charge < -0.3 is 9.47 Å². The lowest BCUT2D eigenvalue weighted by molar-refractivity contribution is 0.545. The molecule has 0 spiro atoms. The van der Waals surface area contributed by atoms with E-state index in [1.807, 2.05) is 6.07 Å². The van der Waals surface area contributed by atoms with Crippen molar-refractivity contribution in [2.75, 3.05) is 17.3 Å². The van der Waals surface area contributed by atoms with Crippen LogP contribution in [0.25, 0.3) is 11.0 Å². The van der Waals surface area contributed by atoms with Crippen molar-refractivity contribution in [1.29, 1.82) is 0 Å². The zero-order chi connectivity index (χ0) is 12.7. The molecule has 3 rings (SSSR count). The van der Waals surface area contributed by atoms with Crippen LogP contribution in [-0.2, 0) is 7.05 Å². The molecule has 1 saturated heterocycles. The van der Waals surface area contributed by atoms with E-state index in [9.17, 15) is 0 Å². The van der Waals surface area contributed by atoms with Crippen LogP contribution in [0.3, 0.4) is 0 Å². The van der Waals surface area contributed by atoms with Gasteiger partial charge in [-0.05, 0) is 24.5 Å². The molecule has 2 heterocycles. The Morgan fingerprint density at radius 2 is 2.17 bits per heavy atom. The molecule has 2 unspecified atom stereocenters. The zero-order valence-corrected chi connectivity index (χ0v) is 11.6. The highest BCUT2D eigenvalue weighted by molar-refractivity contribution is 6.18. The lowest BCUT2D eigenvalue weighted by atomic mass is 10.1. The second-order valence-corrected chi connectivity index (χ2v) is 5.45. The van der Waals surface area contributed by atoms with Gasteiger partial charge in [0.15, 0.2) is 0 Å². The first-order chi connectivity index (χ1) is 8.72. The Hall–Kier alpha value is -1.22. The van der Waals surface area contributed by atoms with Gasteiger partial charge >= 0.3 is 0 Å². The smallest absolute Gasteiger partial charge is 0.206 e. The Kier molecular flexibility index (Phi) is 2.94. The number of imidazole rings is 1. The molecule has 0 aliphatic carbocycles. The Morgan fingerprint density at radius 3 is 2.89 bits per heavy atom. The van der Waals surface area contributed by atoms with Crippen LogP contribution < -0.4 is 4.90 Å². The number of rotatable bonds is 2. The minimum Gasteiger partial charge on any atom is -0.338 e. The molecule has 3 nitrogen and oxygen atoms in total. The summed E-state index contributed by atoms with van der Waals surface area (Å²) in [4.78, 5) is 7.12. The van der Waals surface area contributed by atoms with E-state index in [1.54, 1.807) is 0 Å². The first-order valence-corrected chi connectivity index (χ1v) is 7.00. The Balaban J connectivity index is 2.06. The molecule has 0 amide bonds. The van der Waals surface area contributed by atoms with Gasteiger partial charge in [-0.3, -0.25) is 0 Å². The third kappa shape index (κ3) is 1.69. The molecule has 1 aliphatic heterocycles. The van der Waals surface area contributed by atoms with E-state index >= 15 is 0 Å². The fourth-order valence-corrected chi connectivity index (χ4v) is 3.35. The van der Waals surface area contributed by atoms with E-state index in [0.717, 1.165) is 18.0 Å². The van der Waals surface area contributed by atoms with Crippen LogP contribution in [0.2, 0.25) is 0 Å². The fourth-order valence-electron chi connectivity index (χ4n) is 2.88. The van der Waals surface area contributed by atoms with E-state index in [4.69, 9.17) is 16.6 Å². The van der Waals surface area contributed by atoms with E-state index in [2.05, 4.69) is 41.6 Å². The molecule has 0 saturated carbocycles. The molecule has 1 aromatic carbocycles. The maximum atomic E-state index is 6.12. The molecule has 4 heteroatoms. The van der Waals surface area contributed by atoms with Crippen molar-refractivity contribution < 1.29 is 0 Å². The molecule has 0 N–H and O–H groups in total. The number of nitrogens with zero attached hydrogens (tertiary/aromatic N) is 3. The maximum Gasteiger partial charge on any atom is 0.206 e. The fraction of sp³-hybridized carbons (Fsp3) is 0.500. The molecule has 0 bridgehead atoms. The first-order valence-electron chi connectivity index (χ1n) is 6.46. The number of anilines is 1. The van der Waals surface area contributed by atoms with Crippen LogP contribution in [-0.4, -0.2) is 28.0 Å². The molecule has 0 radical (unpaired) electrons. The SMILES string of the molecule is CC1CCN(c2nc3ccccc3n2C)C1CCl. The minimum atomic E-state index is 0.405. The van der Waals surface area contributed by atoms with Crippen LogP contribution in [0.5, 0.6) is 0 Å².